The Morgan fingerprint density at radius 1 is 1.50 bits per heavy atom. The Morgan fingerprint density at radius 2 is 2.29 bits per heavy atom. The van der Waals surface area contributed by atoms with Crippen molar-refractivity contribution in [1.29, 1.82) is 0 Å². The van der Waals surface area contributed by atoms with Crippen molar-refractivity contribution in [2.24, 2.45) is 0 Å². The van der Waals surface area contributed by atoms with Gasteiger partial charge in [-0.25, -0.2) is 9.50 Å². The second kappa shape index (κ2) is 3.79. The lowest BCUT2D eigenvalue weighted by Crippen LogP contribution is -1.97. The summed E-state index contributed by atoms with van der Waals surface area (Å²) >= 11 is 7.58. The standard InChI is InChI=1S/C9H10ClN3S/c1-6-7(5-14-2)13-9(11-6)4-3-8(10)12-13/h3-4H,5H2,1-2H3. The van der Waals surface area contributed by atoms with E-state index in [1.54, 1.807) is 17.8 Å². The van der Waals surface area contributed by atoms with Crippen LogP contribution in [0.5, 0.6) is 0 Å². The van der Waals surface area contributed by atoms with E-state index in [1.807, 2.05) is 17.5 Å². The summed E-state index contributed by atoms with van der Waals surface area (Å²) in [4.78, 5) is 4.40. The molecule has 0 N–H and O–H groups in total. The fourth-order valence-corrected chi connectivity index (χ4v) is 2.11. The van der Waals surface area contributed by atoms with Crippen molar-refractivity contribution in [2.45, 2.75) is 12.7 Å². The van der Waals surface area contributed by atoms with Gasteiger partial charge in [0.2, 0.25) is 0 Å². The zero-order valence-electron chi connectivity index (χ0n) is 7.99. The minimum Gasteiger partial charge on any atom is -0.232 e. The molecule has 2 aromatic rings. The van der Waals surface area contributed by atoms with E-state index in [0.717, 1.165) is 22.8 Å². The maximum atomic E-state index is 5.83. The first kappa shape index (κ1) is 9.80. The van der Waals surface area contributed by atoms with Crippen LogP contribution in [0.15, 0.2) is 12.1 Å². The molecule has 0 unspecified atom stereocenters. The number of hydrogen-bond acceptors (Lipinski definition) is 3. The van der Waals surface area contributed by atoms with E-state index in [0.29, 0.717) is 5.15 Å². The first-order chi connectivity index (χ1) is 6.72. The molecule has 0 bridgehead atoms. The highest BCUT2D eigenvalue weighted by Crippen LogP contribution is 2.16. The van der Waals surface area contributed by atoms with E-state index >= 15 is 0 Å². The van der Waals surface area contributed by atoms with Gasteiger partial charge in [0.05, 0.1) is 11.4 Å². The van der Waals surface area contributed by atoms with Gasteiger partial charge in [0.25, 0.3) is 0 Å². The van der Waals surface area contributed by atoms with Crippen molar-refractivity contribution in [3.8, 4) is 0 Å². The van der Waals surface area contributed by atoms with E-state index in [1.165, 1.54) is 0 Å². The molecule has 0 spiro atoms. The Bertz CT molecular complexity index is 466. The van der Waals surface area contributed by atoms with Crippen LogP contribution in [-0.4, -0.2) is 20.9 Å². The molecule has 0 aromatic carbocycles. The lowest BCUT2D eigenvalue weighted by atomic mass is 10.4. The molecule has 0 saturated carbocycles. The molecule has 0 aliphatic heterocycles. The van der Waals surface area contributed by atoms with Crippen molar-refractivity contribution in [2.75, 3.05) is 6.26 Å². The molecule has 0 aliphatic carbocycles. The largest absolute Gasteiger partial charge is 0.232 e. The summed E-state index contributed by atoms with van der Waals surface area (Å²) in [5.41, 5.74) is 3.00. The summed E-state index contributed by atoms with van der Waals surface area (Å²) in [6.45, 7) is 1.99. The third-order valence-corrected chi connectivity index (χ3v) is 2.78. The summed E-state index contributed by atoms with van der Waals surface area (Å²) < 4.78 is 1.81. The number of nitrogens with zero attached hydrogens (tertiary/aromatic N) is 3. The zero-order chi connectivity index (χ0) is 10.1. The maximum absolute atomic E-state index is 5.83. The lowest BCUT2D eigenvalue weighted by Gasteiger charge is -1.99. The molecule has 2 aromatic heterocycles. The monoisotopic (exact) mass is 227 g/mol. The van der Waals surface area contributed by atoms with Crippen molar-refractivity contribution >= 4 is 29.0 Å². The molecule has 14 heavy (non-hydrogen) atoms. The first-order valence-corrected chi connectivity index (χ1v) is 5.99. The van der Waals surface area contributed by atoms with E-state index in [2.05, 4.69) is 16.3 Å². The highest BCUT2D eigenvalue weighted by atomic mass is 35.5. The van der Waals surface area contributed by atoms with Gasteiger partial charge in [0.15, 0.2) is 5.65 Å². The highest BCUT2D eigenvalue weighted by molar-refractivity contribution is 7.97. The highest BCUT2D eigenvalue weighted by Gasteiger charge is 2.08. The fraction of sp³-hybridized carbons (Fsp3) is 0.333. The Balaban J connectivity index is 2.66. The zero-order valence-corrected chi connectivity index (χ0v) is 9.56. The van der Waals surface area contributed by atoms with Gasteiger partial charge in [-0.15, -0.1) is 0 Å². The van der Waals surface area contributed by atoms with Gasteiger partial charge in [0.1, 0.15) is 5.15 Å². The molecular formula is C9H10ClN3S. The predicted molar refractivity (Wildman–Crippen MR) is 60.0 cm³/mol. The molecule has 3 nitrogen and oxygen atoms in total. The number of aromatic nitrogens is 3. The van der Waals surface area contributed by atoms with Crippen LogP contribution in [-0.2, 0) is 5.75 Å². The van der Waals surface area contributed by atoms with Crippen molar-refractivity contribution in [1.82, 2.24) is 14.6 Å². The minimum atomic E-state index is 0.497. The summed E-state index contributed by atoms with van der Waals surface area (Å²) in [7, 11) is 0. The summed E-state index contributed by atoms with van der Waals surface area (Å²) in [6, 6.07) is 3.64. The van der Waals surface area contributed by atoms with Gasteiger partial charge < -0.3 is 0 Å². The fourth-order valence-electron chi connectivity index (χ4n) is 1.37. The van der Waals surface area contributed by atoms with Crippen LogP contribution in [0.4, 0.5) is 0 Å². The average molecular weight is 228 g/mol. The lowest BCUT2D eigenvalue weighted by molar-refractivity contribution is 0.890. The van der Waals surface area contributed by atoms with Gasteiger partial charge in [-0.2, -0.15) is 16.9 Å². The van der Waals surface area contributed by atoms with Gasteiger partial charge >= 0.3 is 0 Å². The molecule has 5 heteroatoms. The second-order valence-corrected chi connectivity index (χ2v) is 4.26. The van der Waals surface area contributed by atoms with Gasteiger partial charge in [-0.05, 0) is 25.3 Å². The minimum absolute atomic E-state index is 0.497. The van der Waals surface area contributed by atoms with Crippen LogP contribution in [0.25, 0.3) is 5.65 Å². The van der Waals surface area contributed by atoms with E-state index < -0.39 is 0 Å². The van der Waals surface area contributed by atoms with E-state index in [9.17, 15) is 0 Å². The normalized spacial score (nSPS) is 11.1. The van der Waals surface area contributed by atoms with Crippen molar-refractivity contribution in [3.63, 3.8) is 0 Å². The molecule has 0 saturated heterocycles. The van der Waals surface area contributed by atoms with Crippen LogP contribution < -0.4 is 0 Å². The molecule has 2 heterocycles. The predicted octanol–water partition coefficient (Wildman–Crippen LogP) is 2.55. The molecule has 0 amide bonds. The maximum Gasteiger partial charge on any atom is 0.154 e. The van der Waals surface area contributed by atoms with Crippen LogP contribution >= 0.6 is 23.4 Å². The Labute approximate surface area is 91.5 Å². The number of imidazole rings is 1. The molecule has 74 valence electrons. The molecule has 0 atom stereocenters. The SMILES string of the molecule is CSCc1c(C)nc2ccc(Cl)nn12. The van der Waals surface area contributed by atoms with Gasteiger partial charge in [-0.3, -0.25) is 0 Å². The number of rotatable bonds is 2. The number of fused-ring (bicyclic) bond motifs is 1. The number of aryl methyl sites for hydroxylation is 1. The Morgan fingerprint density at radius 3 is 3.00 bits per heavy atom. The average Bonchev–Trinajstić information content (AvgIpc) is 2.45. The summed E-state index contributed by atoms with van der Waals surface area (Å²) in [6.07, 6.45) is 2.06. The number of hydrogen-bond donors (Lipinski definition) is 0. The van der Waals surface area contributed by atoms with Crippen LogP contribution in [0.2, 0.25) is 5.15 Å². The molecule has 0 fully saturated rings. The summed E-state index contributed by atoms with van der Waals surface area (Å²) in [5, 5.41) is 4.72. The molecule has 2 rings (SSSR count). The Kier molecular flexibility index (Phi) is 2.65. The van der Waals surface area contributed by atoms with E-state index in [-0.39, 0.29) is 0 Å². The third kappa shape index (κ3) is 1.60. The van der Waals surface area contributed by atoms with Crippen LogP contribution in [0, 0.1) is 6.92 Å². The Hall–Kier alpha value is -0.740. The second-order valence-electron chi connectivity index (χ2n) is 3.00. The van der Waals surface area contributed by atoms with Crippen molar-refractivity contribution < 1.29 is 0 Å². The molecular weight excluding hydrogens is 218 g/mol. The topological polar surface area (TPSA) is 30.2 Å². The van der Waals surface area contributed by atoms with Gasteiger partial charge in [-0.1, -0.05) is 11.6 Å². The smallest absolute Gasteiger partial charge is 0.154 e. The van der Waals surface area contributed by atoms with Crippen LogP contribution in [0.3, 0.4) is 0 Å². The number of thioether (sulfide) groups is 1. The summed E-state index contributed by atoms with van der Waals surface area (Å²) in [5.74, 6) is 0.903. The van der Waals surface area contributed by atoms with E-state index in [4.69, 9.17) is 11.6 Å². The van der Waals surface area contributed by atoms with Crippen LogP contribution in [0.1, 0.15) is 11.4 Å². The number of halogens is 1. The van der Waals surface area contributed by atoms with Gasteiger partial charge in [0, 0.05) is 5.75 Å². The van der Waals surface area contributed by atoms with Crippen molar-refractivity contribution in [3.05, 3.63) is 28.7 Å². The molecule has 0 radical (unpaired) electrons. The molecule has 0 aliphatic rings. The quantitative estimate of drug-likeness (QED) is 0.790. The third-order valence-electron chi connectivity index (χ3n) is 2.02. The first-order valence-electron chi connectivity index (χ1n) is 4.22.